The van der Waals surface area contributed by atoms with Gasteiger partial charge in [0.1, 0.15) is 0 Å². The minimum atomic E-state index is 0.482. The minimum absolute atomic E-state index is 0.482. The Labute approximate surface area is 112 Å². The van der Waals surface area contributed by atoms with Crippen LogP contribution < -0.4 is 5.32 Å². The maximum absolute atomic E-state index is 3.33. The molecule has 2 heteroatoms. The van der Waals surface area contributed by atoms with Crippen molar-refractivity contribution in [3.63, 3.8) is 0 Å². The molecule has 0 bridgehead atoms. The topological polar surface area (TPSA) is 15.3 Å². The maximum atomic E-state index is 3.33. The number of hydrogen-bond donors (Lipinski definition) is 1. The minimum Gasteiger partial charge on any atom is -0.318 e. The molecule has 0 amide bonds. The molecular weight excluding hydrogens is 220 g/mol. The van der Waals surface area contributed by atoms with Gasteiger partial charge in [-0.1, -0.05) is 57.5 Å². The van der Waals surface area contributed by atoms with E-state index in [4.69, 9.17) is 0 Å². The van der Waals surface area contributed by atoms with Gasteiger partial charge in [0.25, 0.3) is 0 Å². The van der Waals surface area contributed by atoms with Crippen molar-refractivity contribution >= 4 is 0 Å². The summed E-state index contributed by atoms with van der Waals surface area (Å²) in [5.41, 5.74) is 1.41. The van der Waals surface area contributed by atoms with Gasteiger partial charge >= 0.3 is 0 Å². The molecule has 0 aromatic heterocycles. The fourth-order valence-corrected chi connectivity index (χ4v) is 2.33. The van der Waals surface area contributed by atoms with E-state index in [0.717, 1.165) is 19.0 Å². The first-order valence-electron chi connectivity index (χ1n) is 7.16. The van der Waals surface area contributed by atoms with E-state index < -0.39 is 0 Å². The summed E-state index contributed by atoms with van der Waals surface area (Å²) in [7, 11) is 2.03. The van der Waals surface area contributed by atoms with Gasteiger partial charge in [0.15, 0.2) is 0 Å². The molecule has 0 aliphatic rings. The fourth-order valence-electron chi connectivity index (χ4n) is 2.33. The normalized spacial score (nSPS) is 14.7. The second kappa shape index (κ2) is 8.28. The number of nitrogens with zero attached hydrogens (tertiary/aromatic N) is 1. The molecule has 1 aromatic rings. The van der Waals surface area contributed by atoms with Crippen LogP contribution in [-0.2, 0) is 0 Å². The summed E-state index contributed by atoms with van der Waals surface area (Å²) in [6.07, 6.45) is 1.25. The average Bonchev–Trinajstić information content (AvgIpc) is 2.43. The Kier molecular flexibility index (Phi) is 6.99. The number of benzene rings is 1. The Hall–Kier alpha value is -0.860. The Bertz CT molecular complexity index is 310. The van der Waals surface area contributed by atoms with Gasteiger partial charge in [-0.2, -0.15) is 0 Å². The number of hydrogen-bond acceptors (Lipinski definition) is 2. The van der Waals surface area contributed by atoms with Crippen molar-refractivity contribution < 1.29 is 0 Å². The van der Waals surface area contributed by atoms with Gasteiger partial charge < -0.3 is 5.32 Å². The molecule has 0 fully saturated rings. The third kappa shape index (κ3) is 4.43. The van der Waals surface area contributed by atoms with E-state index in [2.05, 4.69) is 61.3 Å². The number of rotatable bonds is 8. The third-order valence-electron chi connectivity index (χ3n) is 3.67. The molecule has 0 radical (unpaired) electrons. The van der Waals surface area contributed by atoms with Crippen molar-refractivity contribution in [2.75, 3.05) is 26.7 Å². The zero-order valence-corrected chi connectivity index (χ0v) is 12.3. The highest BCUT2D eigenvalue weighted by Crippen LogP contribution is 2.21. The van der Waals surface area contributed by atoms with Gasteiger partial charge in [-0.15, -0.1) is 0 Å². The zero-order chi connectivity index (χ0) is 13.4. The first-order chi connectivity index (χ1) is 8.72. The van der Waals surface area contributed by atoms with Crippen LogP contribution in [0.15, 0.2) is 30.3 Å². The van der Waals surface area contributed by atoms with Crippen molar-refractivity contribution in [3.05, 3.63) is 35.9 Å². The molecule has 2 atom stereocenters. The highest BCUT2D eigenvalue weighted by molar-refractivity contribution is 5.19. The van der Waals surface area contributed by atoms with E-state index in [1.165, 1.54) is 18.5 Å². The van der Waals surface area contributed by atoms with Crippen LogP contribution in [0, 0.1) is 5.92 Å². The highest BCUT2D eigenvalue weighted by atomic mass is 15.2. The highest BCUT2D eigenvalue weighted by Gasteiger charge is 2.19. The molecule has 1 N–H and O–H groups in total. The standard InChI is InChI=1S/C16H28N2/c1-5-14(3)13-18(6-2)16(12-17-4)15-10-8-7-9-11-15/h7-11,14,16-17H,5-6,12-13H2,1-4H3. The predicted octanol–water partition coefficient (Wildman–Crippen LogP) is 3.32. The second-order valence-corrected chi connectivity index (χ2v) is 5.09. The van der Waals surface area contributed by atoms with E-state index in [9.17, 15) is 0 Å². The lowest BCUT2D eigenvalue weighted by Crippen LogP contribution is -2.37. The second-order valence-electron chi connectivity index (χ2n) is 5.09. The Balaban J connectivity index is 2.81. The first kappa shape index (κ1) is 15.2. The SMILES string of the molecule is CCC(C)CN(CC)C(CNC)c1ccccc1. The van der Waals surface area contributed by atoms with E-state index in [1.807, 2.05) is 7.05 Å². The van der Waals surface area contributed by atoms with Crippen LogP contribution >= 0.6 is 0 Å². The van der Waals surface area contributed by atoms with Gasteiger partial charge in [0.2, 0.25) is 0 Å². The van der Waals surface area contributed by atoms with E-state index >= 15 is 0 Å². The van der Waals surface area contributed by atoms with E-state index in [-0.39, 0.29) is 0 Å². The molecule has 0 saturated carbocycles. The summed E-state index contributed by atoms with van der Waals surface area (Å²) in [6.45, 7) is 10.2. The van der Waals surface area contributed by atoms with Crippen molar-refractivity contribution in [1.82, 2.24) is 10.2 Å². The quantitative estimate of drug-likeness (QED) is 0.759. The average molecular weight is 248 g/mol. The molecule has 0 spiro atoms. The summed E-state index contributed by atoms with van der Waals surface area (Å²) in [5.74, 6) is 0.757. The lowest BCUT2D eigenvalue weighted by atomic mass is 10.0. The molecule has 1 aromatic carbocycles. The summed E-state index contributed by atoms with van der Waals surface area (Å²) in [6, 6.07) is 11.3. The summed E-state index contributed by atoms with van der Waals surface area (Å²) < 4.78 is 0. The van der Waals surface area contributed by atoms with E-state index in [1.54, 1.807) is 0 Å². The van der Waals surface area contributed by atoms with Gasteiger partial charge in [-0.3, -0.25) is 4.90 Å². The van der Waals surface area contributed by atoms with Crippen LogP contribution in [0.4, 0.5) is 0 Å². The van der Waals surface area contributed by atoms with E-state index in [0.29, 0.717) is 6.04 Å². The van der Waals surface area contributed by atoms with Crippen molar-refractivity contribution in [2.24, 2.45) is 5.92 Å². The van der Waals surface area contributed by atoms with Gasteiger partial charge in [-0.05, 0) is 25.1 Å². The maximum Gasteiger partial charge on any atom is 0.0472 e. The van der Waals surface area contributed by atoms with Crippen LogP contribution in [0.25, 0.3) is 0 Å². The molecule has 0 saturated heterocycles. The first-order valence-corrected chi connectivity index (χ1v) is 7.16. The molecule has 2 nitrogen and oxygen atoms in total. The molecule has 18 heavy (non-hydrogen) atoms. The van der Waals surface area contributed by atoms with Gasteiger partial charge in [0, 0.05) is 19.1 Å². The summed E-state index contributed by atoms with van der Waals surface area (Å²) in [5, 5.41) is 3.33. The molecule has 0 aliphatic carbocycles. The monoisotopic (exact) mass is 248 g/mol. The molecule has 0 heterocycles. The van der Waals surface area contributed by atoms with Crippen molar-refractivity contribution in [3.8, 4) is 0 Å². The number of nitrogens with one attached hydrogen (secondary N) is 1. The zero-order valence-electron chi connectivity index (χ0n) is 12.3. The Morgan fingerprint density at radius 3 is 2.33 bits per heavy atom. The largest absolute Gasteiger partial charge is 0.318 e. The molecular formula is C16H28N2. The van der Waals surface area contributed by atoms with Crippen LogP contribution in [0.1, 0.15) is 38.8 Å². The Morgan fingerprint density at radius 1 is 1.17 bits per heavy atom. The molecule has 0 aliphatic heterocycles. The smallest absolute Gasteiger partial charge is 0.0472 e. The van der Waals surface area contributed by atoms with Crippen LogP contribution in [0.5, 0.6) is 0 Å². The Morgan fingerprint density at radius 2 is 1.83 bits per heavy atom. The number of likely N-dealkylation sites (N-methyl/N-ethyl adjacent to an activating group) is 2. The van der Waals surface area contributed by atoms with Crippen LogP contribution in [0.2, 0.25) is 0 Å². The van der Waals surface area contributed by atoms with Crippen LogP contribution in [-0.4, -0.2) is 31.6 Å². The molecule has 2 unspecified atom stereocenters. The summed E-state index contributed by atoms with van der Waals surface area (Å²) >= 11 is 0. The lowest BCUT2D eigenvalue weighted by Gasteiger charge is -2.33. The fraction of sp³-hybridized carbons (Fsp3) is 0.625. The molecule has 1 rings (SSSR count). The van der Waals surface area contributed by atoms with Crippen LogP contribution in [0.3, 0.4) is 0 Å². The van der Waals surface area contributed by atoms with Gasteiger partial charge in [0.05, 0.1) is 0 Å². The predicted molar refractivity (Wildman–Crippen MR) is 79.8 cm³/mol. The summed E-state index contributed by atoms with van der Waals surface area (Å²) in [4.78, 5) is 2.58. The third-order valence-corrected chi connectivity index (χ3v) is 3.67. The van der Waals surface area contributed by atoms with Gasteiger partial charge in [-0.25, -0.2) is 0 Å². The molecule has 102 valence electrons. The lowest BCUT2D eigenvalue weighted by molar-refractivity contribution is 0.176. The van der Waals surface area contributed by atoms with Crippen molar-refractivity contribution in [1.29, 1.82) is 0 Å². The van der Waals surface area contributed by atoms with Crippen molar-refractivity contribution in [2.45, 2.75) is 33.2 Å².